The van der Waals surface area contributed by atoms with E-state index in [1.165, 1.54) is 5.56 Å². The lowest BCUT2D eigenvalue weighted by atomic mass is 10.0. The lowest BCUT2D eigenvalue weighted by Crippen LogP contribution is -2.27. The van der Waals surface area contributed by atoms with Crippen molar-refractivity contribution in [2.75, 3.05) is 0 Å². The predicted molar refractivity (Wildman–Crippen MR) is 89.9 cm³/mol. The summed E-state index contributed by atoms with van der Waals surface area (Å²) in [6.07, 6.45) is 5.16. The zero-order chi connectivity index (χ0) is 14.2. The Balaban J connectivity index is 2.14. The fourth-order valence-corrected chi connectivity index (χ4v) is 2.35. The zero-order valence-corrected chi connectivity index (χ0v) is 12.4. The summed E-state index contributed by atoms with van der Waals surface area (Å²) in [5.41, 5.74) is 2.31. The molecule has 0 bridgehead atoms. The van der Waals surface area contributed by atoms with Gasteiger partial charge in [-0.05, 0) is 18.9 Å². The molecule has 0 aromatic heterocycles. The van der Waals surface area contributed by atoms with Crippen LogP contribution in [-0.2, 0) is 0 Å². The van der Waals surface area contributed by atoms with Gasteiger partial charge in [-0.3, -0.25) is 0 Å². The van der Waals surface area contributed by atoms with Gasteiger partial charge in [0.15, 0.2) is 0 Å². The Labute approximate surface area is 126 Å². The van der Waals surface area contributed by atoms with E-state index in [9.17, 15) is 0 Å². The van der Waals surface area contributed by atoms with Crippen molar-refractivity contribution in [1.82, 2.24) is 5.32 Å². The van der Waals surface area contributed by atoms with Crippen LogP contribution in [-0.4, -0.2) is 4.99 Å². The second-order valence-electron chi connectivity index (χ2n) is 4.61. The van der Waals surface area contributed by atoms with Gasteiger partial charge in [0.25, 0.3) is 0 Å². The molecule has 0 saturated carbocycles. The molecular formula is C18H19NS. The van der Waals surface area contributed by atoms with Gasteiger partial charge in [-0.15, -0.1) is 0 Å². The van der Waals surface area contributed by atoms with Gasteiger partial charge < -0.3 is 5.32 Å². The Kier molecular flexibility index (Phi) is 5.51. The minimum atomic E-state index is 0.208. The summed E-state index contributed by atoms with van der Waals surface area (Å²) in [7, 11) is 0. The van der Waals surface area contributed by atoms with E-state index in [0.29, 0.717) is 0 Å². The van der Waals surface area contributed by atoms with Crippen molar-refractivity contribution in [2.24, 2.45) is 0 Å². The summed E-state index contributed by atoms with van der Waals surface area (Å²) in [5, 5.41) is 3.46. The van der Waals surface area contributed by atoms with Gasteiger partial charge in [0.05, 0.1) is 6.04 Å². The van der Waals surface area contributed by atoms with Gasteiger partial charge in [-0.2, -0.15) is 0 Å². The van der Waals surface area contributed by atoms with E-state index >= 15 is 0 Å². The van der Waals surface area contributed by atoms with Crippen LogP contribution in [0.3, 0.4) is 0 Å². The third-order valence-corrected chi connectivity index (χ3v) is 3.50. The quantitative estimate of drug-likeness (QED) is 0.632. The Morgan fingerprint density at radius 2 is 1.65 bits per heavy atom. The van der Waals surface area contributed by atoms with Crippen molar-refractivity contribution in [3.63, 3.8) is 0 Å². The maximum Gasteiger partial charge on any atom is 0.107 e. The van der Waals surface area contributed by atoms with E-state index < -0.39 is 0 Å². The molecule has 0 amide bonds. The number of hydrogen-bond acceptors (Lipinski definition) is 1. The molecule has 102 valence electrons. The highest BCUT2D eigenvalue weighted by Gasteiger charge is 2.11. The minimum absolute atomic E-state index is 0.208. The summed E-state index contributed by atoms with van der Waals surface area (Å²) in [4.78, 5) is 0.795. The first-order valence-corrected chi connectivity index (χ1v) is 7.24. The van der Waals surface area contributed by atoms with E-state index in [1.54, 1.807) is 0 Å². The molecular weight excluding hydrogens is 262 g/mol. The number of nitrogens with one attached hydrogen (secondary N) is 1. The molecule has 0 aliphatic heterocycles. The van der Waals surface area contributed by atoms with Crippen LogP contribution in [0, 0.1) is 0 Å². The highest BCUT2D eigenvalue weighted by atomic mass is 32.1. The van der Waals surface area contributed by atoms with E-state index in [1.807, 2.05) is 43.3 Å². The maximum atomic E-state index is 5.51. The minimum Gasteiger partial charge on any atom is -0.369 e. The molecule has 0 spiro atoms. The van der Waals surface area contributed by atoms with Crippen LogP contribution < -0.4 is 5.32 Å². The summed E-state index contributed by atoms with van der Waals surface area (Å²) >= 11 is 5.51. The fraction of sp³-hybridized carbons (Fsp3) is 0.167. The van der Waals surface area contributed by atoms with Gasteiger partial charge in [-0.25, -0.2) is 0 Å². The third kappa shape index (κ3) is 4.04. The lowest BCUT2D eigenvalue weighted by molar-refractivity contribution is 0.663. The van der Waals surface area contributed by atoms with Crippen LogP contribution in [0.1, 0.15) is 30.5 Å². The van der Waals surface area contributed by atoms with Crippen molar-refractivity contribution in [3.05, 3.63) is 83.9 Å². The van der Waals surface area contributed by atoms with E-state index in [0.717, 1.165) is 17.0 Å². The SMILES string of the molecule is C/C=C/CC(NC(=S)c1ccccc1)c1ccccc1. The average Bonchev–Trinajstić information content (AvgIpc) is 2.53. The second kappa shape index (κ2) is 7.61. The normalized spacial score (nSPS) is 12.2. The molecule has 2 heteroatoms. The Hall–Kier alpha value is -1.93. The van der Waals surface area contributed by atoms with Crippen molar-refractivity contribution in [3.8, 4) is 0 Å². The van der Waals surface area contributed by atoms with Crippen molar-refractivity contribution in [1.29, 1.82) is 0 Å². The van der Waals surface area contributed by atoms with Gasteiger partial charge in [-0.1, -0.05) is 85.0 Å². The molecule has 1 N–H and O–H groups in total. The molecule has 0 aliphatic carbocycles. The molecule has 0 saturated heterocycles. The van der Waals surface area contributed by atoms with E-state index in [4.69, 9.17) is 12.2 Å². The number of thiocarbonyl (C=S) groups is 1. The van der Waals surface area contributed by atoms with Crippen LogP contribution in [0.25, 0.3) is 0 Å². The van der Waals surface area contributed by atoms with Crippen molar-refractivity contribution >= 4 is 17.2 Å². The van der Waals surface area contributed by atoms with Crippen molar-refractivity contribution in [2.45, 2.75) is 19.4 Å². The molecule has 0 fully saturated rings. The molecule has 2 aromatic carbocycles. The topological polar surface area (TPSA) is 12.0 Å². The lowest BCUT2D eigenvalue weighted by Gasteiger charge is -2.19. The van der Waals surface area contributed by atoms with Gasteiger partial charge >= 0.3 is 0 Å². The third-order valence-electron chi connectivity index (χ3n) is 3.15. The first-order chi connectivity index (χ1) is 9.81. The van der Waals surface area contributed by atoms with Crippen LogP contribution >= 0.6 is 12.2 Å². The monoisotopic (exact) mass is 281 g/mol. The number of allylic oxidation sites excluding steroid dienone is 1. The highest BCUT2D eigenvalue weighted by molar-refractivity contribution is 7.80. The molecule has 0 aliphatic rings. The molecule has 1 atom stereocenters. The zero-order valence-electron chi connectivity index (χ0n) is 11.6. The Morgan fingerprint density at radius 1 is 1.05 bits per heavy atom. The molecule has 2 rings (SSSR count). The maximum absolute atomic E-state index is 5.51. The number of benzene rings is 2. The smallest absolute Gasteiger partial charge is 0.107 e. The Bertz CT molecular complexity index is 560. The molecule has 2 aromatic rings. The number of rotatable bonds is 5. The van der Waals surface area contributed by atoms with Crippen LogP contribution in [0.5, 0.6) is 0 Å². The second-order valence-corrected chi connectivity index (χ2v) is 5.02. The summed E-state index contributed by atoms with van der Waals surface area (Å²) in [6, 6.07) is 20.7. The molecule has 1 nitrogen and oxygen atoms in total. The molecule has 1 unspecified atom stereocenters. The average molecular weight is 281 g/mol. The van der Waals surface area contributed by atoms with Crippen LogP contribution in [0.15, 0.2) is 72.8 Å². The summed E-state index contributed by atoms with van der Waals surface area (Å²) in [6.45, 7) is 2.04. The molecule has 20 heavy (non-hydrogen) atoms. The highest BCUT2D eigenvalue weighted by Crippen LogP contribution is 2.18. The first kappa shape index (κ1) is 14.5. The largest absolute Gasteiger partial charge is 0.369 e. The number of hydrogen-bond donors (Lipinski definition) is 1. The van der Waals surface area contributed by atoms with Gasteiger partial charge in [0.2, 0.25) is 0 Å². The first-order valence-electron chi connectivity index (χ1n) is 6.83. The molecule has 0 radical (unpaired) electrons. The standard InChI is InChI=1S/C18H19NS/c1-2-3-14-17(15-10-6-4-7-11-15)19-18(20)16-12-8-5-9-13-16/h2-13,17H,14H2,1H3,(H,19,20)/b3-2+. The Morgan fingerprint density at radius 3 is 2.25 bits per heavy atom. The van der Waals surface area contributed by atoms with E-state index in [-0.39, 0.29) is 6.04 Å². The summed E-state index contributed by atoms with van der Waals surface area (Å²) in [5.74, 6) is 0. The van der Waals surface area contributed by atoms with Crippen molar-refractivity contribution < 1.29 is 0 Å². The van der Waals surface area contributed by atoms with Gasteiger partial charge in [0, 0.05) is 5.56 Å². The molecule has 0 heterocycles. The summed E-state index contributed by atoms with van der Waals surface area (Å²) < 4.78 is 0. The van der Waals surface area contributed by atoms with Gasteiger partial charge in [0.1, 0.15) is 4.99 Å². The fourth-order valence-electron chi connectivity index (χ4n) is 2.07. The van der Waals surface area contributed by atoms with E-state index in [2.05, 4.69) is 41.7 Å². The van der Waals surface area contributed by atoms with Crippen LogP contribution in [0.4, 0.5) is 0 Å². The predicted octanol–water partition coefficient (Wildman–Crippen LogP) is 4.66. The van der Waals surface area contributed by atoms with Crippen LogP contribution in [0.2, 0.25) is 0 Å².